The standard InChI is InChI=1S/C20H19NOS.C6H5ClN2.C2H6/c1-13-7-6-8-14(2)20(13)23-16-11-17(19(22)18(21)12-16)15-9-4-3-5-10-15;7-4-1-2-5(8)6(9)3-4;1-2/h3-12,22H,21H2,1-2H3;1-3,8-9H;1-2H3. The zero-order valence-electron chi connectivity index (χ0n) is 19.8. The van der Waals surface area contributed by atoms with Crippen molar-refractivity contribution in [3.63, 3.8) is 0 Å². The average molecular weight is 492 g/mol. The SMILES string of the molecule is CC.Cc1cccc(C)c1Sc1cc(N)c(O)c(-c2ccccc2)c1.N=C1C=CC(Cl)=CC1=N. The van der Waals surface area contributed by atoms with E-state index in [1.165, 1.54) is 28.2 Å². The molecule has 5 N–H and O–H groups in total. The molecule has 0 atom stereocenters. The zero-order valence-corrected chi connectivity index (χ0v) is 21.4. The molecule has 4 rings (SSSR count). The molecule has 1 aliphatic rings. The van der Waals surface area contributed by atoms with Crippen LogP contribution in [0.25, 0.3) is 11.1 Å². The summed E-state index contributed by atoms with van der Waals surface area (Å²) in [5.41, 5.74) is 11.0. The van der Waals surface area contributed by atoms with Gasteiger partial charge >= 0.3 is 0 Å². The van der Waals surface area contributed by atoms with Crippen molar-refractivity contribution in [2.45, 2.75) is 37.5 Å². The maximum Gasteiger partial charge on any atom is 0.146 e. The Hall–Kier alpha value is -3.28. The van der Waals surface area contributed by atoms with Crippen LogP contribution in [0, 0.1) is 24.7 Å². The molecule has 0 radical (unpaired) electrons. The summed E-state index contributed by atoms with van der Waals surface area (Å²) in [6, 6.07) is 19.9. The summed E-state index contributed by atoms with van der Waals surface area (Å²) < 4.78 is 0. The molecular formula is C28H30ClN3OS. The topological polar surface area (TPSA) is 93.9 Å². The Labute approximate surface area is 211 Å². The van der Waals surface area contributed by atoms with E-state index < -0.39 is 0 Å². The van der Waals surface area contributed by atoms with E-state index in [4.69, 9.17) is 28.2 Å². The molecule has 34 heavy (non-hydrogen) atoms. The van der Waals surface area contributed by atoms with Crippen LogP contribution in [0.5, 0.6) is 5.75 Å². The van der Waals surface area contributed by atoms with E-state index in [2.05, 4.69) is 32.0 Å². The Morgan fingerprint density at radius 1 is 0.853 bits per heavy atom. The third-order valence-electron chi connectivity index (χ3n) is 4.81. The fourth-order valence-corrected chi connectivity index (χ4v) is 4.35. The van der Waals surface area contributed by atoms with E-state index >= 15 is 0 Å². The van der Waals surface area contributed by atoms with Crippen LogP contribution in [0.1, 0.15) is 25.0 Å². The van der Waals surface area contributed by atoms with E-state index in [0.717, 1.165) is 16.0 Å². The first-order valence-electron chi connectivity index (χ1n) is 10.9. The van der Waals surface area contributed by atoms with Crippen molar-refractivity contribution in [1.82, 2.24) is 0 Å². The van der Waals surface area contributed by atoms with Crippen LogP contribution in [0.3, 0.4) is 0 Å². The second-order valence-corrected chi connectivity index (χ2v) is 8.81. The molecule has 3 aromatic rings. The summed E-state index contributed by atoms with van der Waals surface area (Å²) in [6.07, 6.45) is 4.55. The van der Waals surface area contributed by atoms with Crippen molar-refractivity contribution in [1.29, 1.82) is 10.8 Å². The molecular weight excluding hydrogens is 462 g/mol. The lowest BCUT2D eigenvalue weighted by Gasteiger charge is -2.13. The van der Waals surface area contributed by atoms with Crippen LogP contribution in [0.2, 0.25) is 0 Å². The number of nitrogens with two attached hydrogens (primary N) is 1. The number of nitrogen functional groups attached to an aromatic ring is 1. The second kappa shape index (κ2) is 12.8. The molecule has 3 aromatic carbocycles. The minimum atomic E-state index is 0.141. The van der Waals surface area contributed by atoms with Crippen molar-refractivity contribution >= 4 is 40.5 Å². The van der Waals surface area contributed by atoms with Gasteiger partial charge in [0, 0.05) is 20.4 Å². The average Bonchev–Trinajstić information content (AvgIpc) is 2.83. The van der Waals surface area contributed by atoms with Gasteiger partial charge in [-0.3, -0.25) is 10.8 Å². The third kappa shape index (κ3) is 7.11. The molecule has 0 saturated heterocycles. The molecule has 0 bridgehead atoms. The van der Waals surface area contributed by atoms with Crippen molar-refractivity contribution in [3.8, 4) is 16.9 Å². The minimum Gasteiger partial charge on any atom is -0.505 e. The highest BCUT2D eigenvalue weighted by atomic mass is 35.5. The first kappa shape index (κ1) is 27.0. The molecule has 0 amide bonds. The van der Waals surface area contributed by atoms with E-state index in [1.54, 1.807) is 17.8 Å². The number of hydrogen-bond acceptors (Lipinski definition) is 5. The van der Waals surface area contributed by atoms with Gasteiger partial charge in [0.25, 0.3) is 0 Å². The lowest BCUT2D eigenvalue weighted by molar-refractivity contribution is 0.479. The van der Waals surface area contributed by atoms with Gasteiger partial charge in [0.1, 0.15) is 5.75 Å². The van der Waals surface area contributed by atoms with Gasteiger partial charge in [-0.15, -0.1) is 0 Å². The van der Waals surface area contributed by atoms with Crippen LogP contribution < -0.4 is 5.73 Å². The highest BCUT2D eigenvalue weighted by Crippen LogP contribution is 2.41. The zero-order chi connectivity index (χ0) is 25.3. The first-order valence-corrected chi connectivity index (χ1v) is 12.1. The molecule has 0 heterocycles. The van der Waals surface area contributed by atoms with Crippen LogP contribution in [-0.2, 0) is 0 Å². The Morgan fingerprint density at radius 2 is 1.47 bits per heavy atom. The largest absolute Gasteiger partial charge is 0.505 e. The maximum absolute atomic E-state index is 10.3. The quantitative estimate of drug-likeness (QED) is 0.169. The van der Waals surface area contributed by atoms with Gasteiger partial charge in [-0.25, -0.2) is 0 Å². The highest BCUT2D eigenvalue weighted by molar-refractivity contribution is 7.99. The van der Waals surface area contributed by atoms with Gasteiger partial charge in [0.15, 0.2) is 0 Å². The van der Waals surface area contributed by atoms with Crippen LogP contribution in [-0.4, -0.2) is 16.5 Å². The number of anilines is 1. The number of halogens is 1. The number of phenolic OH excluding ortho intramolecular Hbond substituents is 1. The number of nitrogens with one attached hydrogen (secondary N) is 2. The molecule has 6 heteroatoms. The smallest absolute Gasteiger partial charge is 0.146 e. The molecule has 0 saturated carbocycles. The first-order chi connectivity index (χ1) is 16.3. The van der Waals surface area contributed by atoms with Gasteiger partial charge in [-0.1, -0.05) is 85.7 Å². The van der Waals surface area contributed by atoms with Crippen molar-refractivity contribution in [2.75, 3.05) is 5.73 Å². The van der Waals surface area contributed by atoms with Crippen LogP contribution in [0.4, 0.5) is 5.69 Å². The summed E-state index contributed by atoms with van der Waals surface area (Å²) in [7, 11) is 0. The molecule has 1 aliphatic carbocycles. The number of allylic oxidation sites excluding steroid dienone is 4. The molecule has 0 aromatic heterocycles. The van der Waals surface area contributed by atoms with E-state index in [9.17, 15) is 5.11 Å². The fourth-order valence-electron chi connectivity index (χ4n) is 3.12. The summed E-state index contributed by atoms with van der Waals surface area (Å²) in [5, 5.41) is 25.0. The van der Waals surface area contributed by atoms with Crippen molar-refractivity contribution in [3.05, 3.63) is 95.1 Å². The highest BCUT2D eigenvalue weighted by Gasteiger charge is 2.12. The molecule has 176 valence electrons. The molecule has 4 nitrogen and oxygen atoms in total. The van der Waals surface area contributed by atoms with Gasteiger partial charge in [0.2, 0.25) is 0 Å². The fraction of sp³-hybridized carbons (Fsp3) is 0.143. The lowest BCUT2D eigenvalue weighted by Crippen LogP contribution is -2.08. The molecule has 0 aliphatic heterocycles. The Bertz CT molecular complexity index is 1210. The predicted octanol–water partition coefficient (Wildman–Crippen LogP) is 8.15. The Kier molecular flexibility index (Phi) is 10.2. The van der Waals surface area contributed by atoms with Gasteiger partial charge in [-0.05, 0) is 60.9 Å². The molecule has 0 unspecified atom stereocenters. The van der Waals surface area contributed by atoms with Gasteiger partial charge in [-0.2, -0.15) is 0 Å². The summed E-state index contributed by atoms with van der Waals surface area (Å²) in [5.74, 6) is 0.141. The number of aromatic hydroxyl groups is 1. The Balaban J connectivity index is 0.000000311. The summed E-state index contributed by atoms with van der Waals surface area (Å²) in [6.45, 7) is 8.22. The lowest BCUT2D eigenvalue weighted by atomic mass is 10.0. The predicted molar refractivity (Wildman–Crippen MR) is 148 cm³/mol. The van der Waals surface area contributed by atoms with Gasteiger partial charge in [0.05, 0.1) is 17.1 Å². The third-order valence-corrected chi connectivity index (χ3v) is 6.36. The second-order valence-electron chi connectivity index (χ2n) is 7.29. The summed E-state index contributed by atoms with van der Waals surface area (Å²) in [4.78, 5) is 2.26. The Morgan fingerprint density at radius 3 is 2.03 bits per heavy atom. The summed E-state index contributed by atoms with van der Waals surface area (Å²) >= 11 is 7.20. The number of rotatable bonds is 3. The number of aryl methyl sites for hydroxylation is 2. The van der Waals surface area contributed by atoms with Gasteiger partial charge < -0.3 is 10.8 Å². The van der Waals surface area contributed by atoms with Crippen molar-refractivity contribution in [2.24, 2.45) is 0 Å². The van der Waals surface area contributed by atoms with Crippen molar-refractivity contribution < 1.29 is 5.11 Å². The minimum absolute atomic E-state index is 0.141. The number of phenols is 1. The van der Waals surface area contributed by atoms with Crippen LogP contribution in [0.15, 0.2) is 93.7 Å². The van der Waals surface area contributed by atoms with E-state index in [-0.39, 0.29) is 17.2 Å². The normalized spacial score (nSPS) is 12.2. The van der Waals surface area contributed by atoms with E-state index in [0.29, 0.717) is 10.7 Å². The number of benzene rings is 3. The van der Waals surface area contributed by atoms with Crippen LogP contribution >= 0.6 is 23.4 Å². The maximum atomic E-state index is 10.3. The monoisotopic (exact) mass is 491 g/mol. The molecule has 0 fully saturated rings. The van der Waals surface area contributed by atoms with E-state index in [1.807, 2.05) is 56.3 Å². The molecule has 0 spiro atoms. The number of hydrogen-bond donors (Lipinski definition) is 4.